The van der Waals surface area contributed by atoms with E-state index in [1.807, 2.05) is 0 Å². The van der Waals surface area contributed by atoms with Crippen LogP contribution in [0.1, 0.15) is 0 Å². The molecule has 30 heavy (non-hydrogen) atoms. The van der Waals surface area contributed by atoms with Gasteiger partial charge in [0.15, 0.2) is 0 Å². The lowest BCUT2D eigenvalue weighted by molar-refractivity contribution is 1.36. The minimum absolute atomic E-state index is 1.19. The van der Waals surface area contributed by atoms with Gasteiger partial charge in [-0.1, -0.05) is 66.7 Å². The largest absolute Gasteiger partial charge is 0.354 e. The third kappa shape index (κ3) is 1.56. The minimum Gasteiger partial charge on any atom is -0.354 e. The highest BCUT2D eigenvalue weighted by atomic mass is 14.9. The van der Waals surface area contributed by atoms with E-state index in [9.17, 15) is 0 Å². The second kappa shape index (κ2) is 4.92. The molecule has 0 spiro atoms. The van der Waals surface area contributed by atoms with Crippen molar-refractivity contribution in [3.8, 4) is 0 Å². The van der Waals surface area contributed by atoms with Gasteiger partial charge >= 0.3 is 0 Å². The second-order valence-electron chi connectivity index (χ2n) is 8.27. The van der Waals surface area contributed by atoms with Crippen LogP contribution in [0.15, 0.2) is 91.0 Å². The lowest BCUT2D eigenvalue weighted by Gasteiger charge is -2.05. The Bertz CT molecular complexity index is 1950. The predicted molar refractivity (Wildman–Crippen MR) is 128 cm³/mol. The zero-order valence-electron chi connectivity index (χ0n) is 16.1. The van der Waals surface area contributed by atoms with Crippen molar-refractivity contribution in [2.45, 2.75) is 0 Å². The number of hydrogen-bond donors (Lipinski definition) is 1. The van der Waals surface area contributed by atoms with Crippen LogP contribution in [0.3, 0.4) is 0 Å². The van der Waals surface area contributed by atoms with Gasteiger partial charge < -0.3 is 9.38 Å². The topological polar surface area (TPSA) is 20.2 Å². The molecular formula is C28H16N2. The van der Waals surface area contributed by atoms with Crippen LogP contribution in [0.4, 0.5) is 0 Å². The maximum absolute atomic E-state index is 3.71. The molecule has 138 valence electrons. The Morgan fingerprint density at radius 2 is 1.23 bits per heavy atom. The van der Waals surface area contributed by atoms with E-state index in [0.29, 0.717) is 0 Å². The molecule has 0 aliphatic heterocycles. The highest BCUT2D eigenvalue weighted by Gasteiger charge is 2.20. The molecule has 0 aliphatic carbocycles. The van der Waals surface area contributed by atoms with Crippen LogP contribution in [-0.4, -0.2) is 9.38 Å². The van der Waals surface area contributed by atoms with Gasteiger partial charge in [0.25, 0.3) is 0 Å². The molecule has 2 nitrogen and oxygen atoms in total. The lowest BCUT2D eigenvalue weighted by Crippen LogP contribution is -1.84. The van der Waals surface area contributed by atoms with Crippen molar-refractivity contribution in [1.29, 1.82) is 0 Å². The van der Waals surface area contributed by atoms with Crippen LogP contribution in [0.5, 0.6) is 0 Å². The summed E-state index contributed by atoms with van der Waals surface area (Å²) in [6.45, 7) is 0. The molecule has 0 fully saturated rings. The molecular weight excluding hydrogens is 364 g/mol. The minimum atomic E-state index is 1.19. The molecule has 0 unspecified atom stereocenters. The Hall–Kier alpha value is -4.04. The van der Waals surface area contributed by atoms with E-state index in [1.54, 1.807) is 0 Å². The maximum atomic E-state index is 3.71. The van der Waals surface area contributed by atoms with Gasteiger partial charge in [-0.25, -0.2) is 0 Å². The number of para-hydroxylation sites is 2. The van der Waals surface area contributed by atoms with E-state index >= 15 is 0 Å². The van der Waals surface area contributed by atoms with Crippen LogP contribution >= 0.6 is 0 Å². The molecule has 0 atom stereocenters. The van der Waals surface area contributed by atoms with Crippen molar-refractivity contribution in [3.63, 3.8) is 0 Å². The highest BCUT2D eigenvalue weighted by molar-refractivity contribution is 6.35. The number of fused-ring (bicyclic) bond motifs is 7. The Balaban J connectivity index is 1.94. The Morgan fingerprint density at radius 1 is 0.500 bits per heavy atom. The first-order valence-corrected chi connectivity index (χ1v) is 10.4. The molecule has 0 saturated heterocycles. The summed E-state index contributed by atoms with van der Waals surface area (Å²) < 4.78 is 2.48. The zero-order valence-corrected chi connectivity index (χ0v) is 16.1. The number of rotatable bonds is 0. The van der Waals surface area contributed by atoms with Crippen molar-refractivity contribution in [2.75, 3.05) is 0 Å². The first kappa shape index (κ1) is 14.9. The van der Waals surface area contributed by atoms with E-state index in [0.717, 1.165) is 0 Å². The van der Waals surface area contributed by atoms with Crippen LogP contribution in [0, 0.1) is 0 Å². The van der Waals surface area contributed by atoms with Gasteiger partial charge in [-0.3, -0.25) is 0 Å². The Morgan fingerprint density at radius 3 is 2.20 bits per heavy atom. The van der Waals surface area contributed by atoms with Gasteiger partial charge in [-0.2, -0.15) is 0 Å². The van der Waals surface area contributed by atoms with E-state index < -0.39 is 0 Å². The van der Waals surface area contributed by atoms with Crippen molar-refractivity contribution >= 4 is 70.7 Å². The van der Waals surface area contributed by atoms with Gasteiger partial charge in [0.2, 0.25) is 0 Å². The molecule has 8 aromatic rings. The SMILES string of the molecule is c1ccc2c(c1)cc1[nH]c3cccc4c3c1c2c1cccc2c3ccccc3n4c21. The summed E-state index contributed by atoms with van der Waals surface area (Å²) >= 11 is 0. The maximum Gasteiger partial charge on any atom is 0.0620 e. The van der Waals surface area contributed by atoms with Crippen LogP contribution in [0.2, 0.25) is 0 Å². The number of nitrogens with zero attached hydrogens (tertiary/aromatic N) is 1. The molecule has 1 N–H and O–H groups in total. The molecule has 3 heterocycles. The normalized spacial score (nSPS) is 12.7. The molecule has 0 radical (unpaired) electrons. The molecule has 0 bridgehead atoms. The van der Waals surface area contributed by atoms with Crippen LogP contribution in [-0.2, 0) is 0 Å². The average Bonchev–Trinajstić information content (AvgIpc) is 3.28. The Kier molecular flexibility index (Phi) is 2.44. The predicted octanol–water partition coefficient (Wildman–Crippen LogP) is 7.62. The first-order chi connectivity index (χ1) is 14.9. The first-order valence-electron chi connectivity index (χ1n) is 10.4. The fourth-order valence-electron chi connectivity index (χ4n) is 5.69. The molecule has 0 aliphatic rings. The van der Waals surface area contributed by atoms with Gasteiger partial charge in [0, 0.05) is 43.4 Å². The number of aromatic nitrogens is 2. The van der Waals surface area contributed by atoms with Crippen LogP contribution < -0.4 is 0 Å². The van der Waals surface area contributed by atoms with Crippen molar-refractivity contribution < 1.29 is 0 Å². The lowest BCUT2D eigenvalue weighted by atomic mass is 9.97. The fraction of sp³-hybridized carbons (Fsp3) is 0. The summed E-state index contributed by atoms with van der Waals surface area (Å²) in [6.07, 6.45) is 0. The number of benzene rings is 5. The molecule has 0 saturated carbocycles. The summed E-state index contributed by atoms with van der Waals surface area (Å²) in [5.41, 5.74) is 6.22. The molecule has 8 rings (SSSR count). The summed E-state index contributed by atoms with van der Waals surface area (Å²) in [5.74, 6) is 0. The number of H-pyrrole nitrogens is 1. The van der Waals surface area contributed by atoms with Crippen molar-refractivity contribution in [2.24, 2.45) is 0 Å². The van der Waals surface area contributed by atoms with Crippen molar-refractivity contribution in [3.05, 3.63) is 91.0 Å². The number of aromatic amines is 1. The highest BCUT2D eigenvalue weighted by Crippen LogP contribution is 2.44. The molecule has 0 amide bonds. The summed E-state index contributed by atoms with van der Waals surface area (Å²) in [6, 6.07) is 33.3. The third-order valence-corrected chi connectivity index (χ3v) is 6.82. The monoisotopic (exact) mass is 380 g/mol. The van der Waals surface area contributed by atoms with E-state index in [-0.39, 0.29) is 0 Å². The quantitative estimate of drug-likeness (QED) is 0.279. The van der Waals surface area contributed by atoms with Crippen LogP contribution in [0.25, 0.3) is 70.7 Å². The second-order valence-corrected chi connectivity index (χ2v) is 8.27. The number of nitrogens with one attached hydrogen (secondary N) is 1. The Labute approximate surface area is 171 Å². The third-order valence-electron chi connectivity index (χ3n) is 6.82. The van der Waals surface area contributed by atoms with E-state index in [2.05, 4.69) is 100 Å². The summed E-state index contributed by atoms with van der Waals surface area (Å²) in [4.78, 5) is 3.71. The zero-order chi connectivity index (χ0) is 19.4. The molecule has 5 aromatic carbocycles. The summed E-state index contributed by atoms with van der Waals surface area (Å²) in [7, 11) is 0. The van der Waals surface area contributed by atoms with Crippen molar-refractivity contribution in [1.82, 2.24) is 9.38 Å². The standard InChI is InChI=1S/C28H16N2/c1-2-8-17-16(7-1)15-22-27-25(17)20-11-5-10-19-18-9-3-4-13-23(18)30(28(19)20)24-14-6-12-21(29-22)26(24)27/h1-15,29H. The molecule has 2 heteroatoms. The van der Waals surface area contributed by atoms with E-state index in [1.165, 1.54) is 70.7 Å². The smallest absolute Gasteiger partial charge is 0.0620 e. The van der Waals surface area contributed by atoms with Gasteiger partial charge in [0.05, 0.1) is 16.6 Å². The fourth-order valence-corrected chi connectivity index (χ4v) is 5.69. The van der Waals surface area contributed by atoms with Gasteiger partial charge in [0.1, 0.15) is 0 Å². The average molecular weight is 380 g/mol. The number of hydrogen-bond acceptors (Lipinski definition) is 0. The summed E-state index contributed by atoms with van der Waals surface area (Å²) in [5, 5.41) is 10.5. The van der Waals surface area contributed by atoms with Gasteiger partial charge in [-0.15, -0.1) is 0 Å². The molecule has 3 aromatic heterocycles. The van der Waals surface area contributed by atoms with Gasteiger partial charge in [-0.05, 0) is 35.0 Å². The van der Waals surface area contributed by atoms with E-state index in [4.69, 9.17) is 0 Å².